The van der Waals surface area contributed by atoms with E-state index in [-0.39, 0.29) is 0 Å². The highest BCUT2D eigenvalue weighted by Crippen LogP contribution is 2.60. The molecule has 56 heavy (non-hydrogen) atoms. The lowest BCUT2D eigenvalue weighted by Gasteiger charge is -2.57. The molecule has 4 bridgehead atoms. The van der Waals surface area contributed by atoms with E-state index in [0.29, 0.717) is 28.5 Å². The lowest BCUT2D eigenvalue weighted by atomic mass is 9.48. The highest BCUT2D eigenvalue weighted by molar-refractivity contribution is 7.25. The summed E-state index contributed by atoms with van der Waals surface area (Å²) >= 11 is 1.82. The van der Waals surface area contributed by atoms with Crippen LogP contribution in [0.15, 0.2) is 133 Å². The Morgan fingerprint density at radius 3 is 2.00 bits per heavy atom. The Balaban J connectivity index is 1.05. The van der Waals surface area contributed by atoms with Crippen molar-refractivity contribution in [3.8, 4) is 45.9 Å². The lowest BCUT2D eigenvalue weighted by Crippen LogP contribution is -2.48. The van der Waals surface area contributed by atoms with E-state index in [9.17, 15) is 5.26 Å². The molecule has 4 aliphatic carbocycles. The molecule has 3 aromatic heterocycles. The largest absolute Gasteiger partial charge is 0.309 e. The Morgan fingerprint density at radius 2 is 1.21 bits per heavy atom. The van der Waals surface area contributed by atoms with E-state index in [1.165, 1.54) is 64.3 Å². The van der Waals surface area contributed by atoms with Crippen LogP contribution < -0.4 is 0 Å². The zero-order valence-corrected chi connectivity index (χ0v) is 31.6. The molecule has 9 aromatic rings. The van der Waals surface area contributed by atoms with Crippen LogP contribution in [0.2, 0.25) is 0 Å². The minimum atomic E-state index is 0.331. The first-order valence-electron chi connectivity index (χ1n) is 19.9. The van der Waals surface area contributed by atoms with Crippen LogP contribution in [0.3, 0.4) is 0 Å². The Kier molecular flexibility index (Phi) is 6.98. The topological polar surface area (TPSA) is 67.4 Å². The summed E-state index contributed by atoms with van der Waals surface area (Å²) in [7, 11) is 0. The number of hydrogen-bond donors (Lipinski definition) is 0. The van der Waals surface area contributed by atoms with Crippen molar-refractivity contribution in [2.45, 2.75) is 43.9 Å². The van der Waals surface area contributed by atoms with Crippen molar-refractivity contribution in [3.63, 3.8) is 0 Å². The molecule has 13 rings (SSSR count). The third-order valence-corrected chi connectivity index (χ3v) is 14.4. The minimum Gasteiger partial charge on any atom is -0.309 e. The van der Waals surface area contributed by atoms with Gasteiger partial charge in [-0.05, 0) is 122 Å². The van der Waals surface area contributed by atoms with Gasteiger partial charge in [0.05, 0.1) is 22.7 Å². The number of hydrogen-bond acceptors (Lipinski definition) is 5. The van der Waals surface area contributed by atoms with E-state index in [4.69, 9.17) is 15.0 Å². The fourth-order valence-electron chi connectivity index (χ4n) is 11.3. The second kappa shape index (κ2) is 12.2. The second-order valence-electron chi connectivity index (χ2n) is 16.6. The number of para-hydroxylation sites is 1. The van der Waals surface area contributed by atoms with Gasteiger partial charge in [0.15, 0.2) is 17.5 Å². The molecule has 4 aliphatic rings. The molecule has 268 valence electrons. The lowest BCUT2D eigenvalue weighted by molar-refractivity contribution is -0.00518. The molecule has 0 saturated heterocycles. The normalized spacial score (nSPS) is 21.4. The van der Waals surface area contributed by atoms with Gasteiger partial charge in [-0.15, -0.1) is 11.3 Å². The number of nitrogens with zero attached hydrogens (tertiary/aromatic N) is 5. The quantitative estimate of drug-likeness (QED) is 0.176. The first-order valence-corrected chi connectivity index (χ1v) is 20.7. The van der Waals surface area contributed by atoms with Gasteiger partial charge in [-0.1, -0.05) is 78.9 Å². The molecule has 6 heteroatoms. The van der Waals surface area contributed by atoms with Crippen LogP contribution in [0.4, 0.5) is 0 Å². The summed E-state index contributed by atoms with van der Waals surface area (Å²) in [5.41, 5.74) is 8.43. The van der Waals surface area contributed by atoms with Crippen LogP contribution in [0.1, 0.15) is 49.7 Å². The zero-order chi connectivity index (χ0) is 37.0. The summed E-state index contributed by atoms with van der Waals surface area (Å²) in [5, 5.41) is 14.4. The molecule has 5 nitrogen and oxygen atoms in total. The Hall–Kier alpha value is -6.16. The van der Waals surface area contributed by atoms with Crippen molar-refractivity contribution >= 4 is 53.3 Å². The number of fused-ring (bicyclic) bond motifs is 6. The van der Waals surface area contributed by atoms with Crippen LogP contribution in [-0.4, -0.2) is 19.5 Å². The van der Waals surface area contributed by atoms with Crippen molar-refractivity contribution in [2.75, 3.05) is 0 Å². The van der Waals surface area contributed by atoms with Gasteiger partial charge in [-0.25, -0.2) is 15.0 Å². The van der Waals surface area contributed by atoms with Gasteiger partial charge in [-0.3, -0.25) is 0 Å². The third-order valence-electron chi connectivity index (χ3n) is 13.2. The van der Waals surface area contributed by atoms with Crippen LogP contribution in [0.25, 0.3) is 81.8 Å². The van der Waals surface area contributed by atoms with E-state index < -0.39 is 0 Å². The predicted molar refractivity (Wildman–Crippen MR) is 228 cm³/mol. The van der Waals surface area contributed by atoms with Crippen molar-refractivity contribution in [1.29, 1.82) is 5.26 Å². The molecule has 0 N–H and O–H groups in total. The fraction of sp³-hybridized carbons (Fsp3) is 0.200. The van der Waals surface area contributed by atoms with E-state index in [1.807, 2.05) is 29.5 Å². The summed E-state index contributed by atoms with van der Waals surface area (Å²) in [6.07, 6.45) is 8.36. The van der Waals surface area contributed by atoms with Crippen LogP contribution in [-0.2, 0) is 5.41 Å². The number of nitriles is 1. The van der Waals surface area contributed by atoms with E-state index >= 15 is 0 Å². The van der Waals surface area contributed by atoms with Gasteiger partial charge in [0.2, 0.25) is 0 Å². The third kappa shape index (κ3) is 4.93. The second-order valence-corrected chi connectivity index (χ2v) is 17.7. The molecule has 4 fully saturated rings. The first kappa shape index (κ1) is 32.1. The van der Waals surface area contributed by atoms with E-state index in [2.05, 4.69) is 126 Å². The van der Waals surface area contributed by atoms with Crippen molar-refractivity contribution in [3.05, 3.63) is 145 Å². The average molecular weight is 740 g/mol. The van der Waals surface area contributed by atoms with Crippen LogP contribution in [0.5, 0.6) is 0 Å². The number of rotatable bonds is 5. The minimum absolute atomic E-state index is 0.331. The van der Waals surface area contributed by atoms with Gasteiger partial charge >= 0.3 is 0 Å². The molecule has 0 spiro atoms. The van der Waals surface area contributed by atoms with Crippen molar-refractivity contribution in [2.24, 2.45) is 17.8 Å². The van der Waals surface area contributed by atoms with Crippen molar-refractivity contribution < 1.29 is 0 Å². The summed E-state index contributed by atoms with van der Waals surface area (Å²) in [5.74, 6) is 4.68. The fourth-order valence-corrected chi connectivity index (χ4v) is 12.3. The molecule has 0 amide bonds. The number of aromatic nitrogens is 4. The summed E-state index contributed by atoms with van der Waals surface area (Å²) in [4.78, 5) is 15.9. The summed E-state index contributed by atoms with van der Waals surface area (Å²) < 4.78 is 4.78. The summed E-state index contributed by atoms with van der Waals surface area (Å²) in [6.45, 7) is 0. The molecule has 0 atom stereocenters. The van der Waals surface area contributed by atoms with E-state index in [0.717, 1.165) is 61.9 Å². The van der Waals surface area contributed by atoms with Gasteiger partial charge in [0.25, 0.3) is 0 Å². The molecule has 0 radical (unpaired) electrons. The van der Waals surface area contributed by atoms with Crippen LogP contribution in [0, 0.1) is 29.1 Å². The molecule has 6 aromatic carbocycles. The van der Waals surface area contributed by atoms with Crippen LogP contribution >= 0.6 is 11.3 Å². The highest BCUT2D eigenvalue weighted by Gasteiger charge is 2.51. The molecule has 0 aliphatic heterocycles. The Labute approximate surface area is 328 Å². The zero-order valence-electron chi connectivity index (χ0n) is 30.8. The smallest absolute Gasteiger partial charge is 0.164 e. The van der Waals surface area contributed by atoms with Gasteiger partial charge in [0, 0.05) is 53.3 Å². The summed E-state index contributed by atoms with van der Waals surface area (Å²) in [6, 6.07) is 49.5. The number of benzene rings is 6. The molecule has 0 unspecified atom stereocenters. The van der Waals surface area contributed by atoms with Gasteiger partial charge in [0.1, 0.15) is 0 Å². The van der Waals surface area contributed by atoms with Gasteiger partial charge < -0.3 is 4.57 Å². The molecular formula is C50H37N5S. The highest BCUT2D eigenvalue weighted by atomic mass is 32.1. The molecule has 3 heterocycles. The maximum absolute atomic E-state index is 9.77. The molecule has 4 saturated carbocycles. The monoisotopic (exact) mass is 739 g/mol. The Bertz CT molecular complexity index is 3060. The molecular weight excluding hydrogens is 703 g/mol. The maximum Gasteiger partial charge on any atom is 0.164 e. The van der Waals surface area contributed by atoms with Crippen molar-refractivity contribution in [1.82, 2.24) is 19.5 Å². The maximum atomic E-state index is 9.77. The first-order chi connectivity index (χ1) is 27.6. The predicted octanol–water partition coefficient (Wildman–Crippen LogP) is 12.7. The van der Waals surface area contributed by atoms with E-state index in [1.54, 1.807) is 0 Å². The average Bonchev–Trinajstić information content (AvgIpc) is 3.79. The SMILES string of the molecule is N#Cc1cccc(-n2c3ccccc3c3c(-c4nc(-c5ccc(C67CC8CC(CC(C8)C6)C7)cc5)nc(-c5ccc6sc7ccccc7c6c5)n4)cccc32)c1. The standard InChI is InChI=1S/C50H37N5S/c51-29-30-7-5-8-37(24-30)55-42-12-3-1-10-39(42)46-40(11-6-13-43(46)55)49-53-47(34-15-18-36(19-16-34)50-26-31-21-32(27-50)23-33(22-31)28-50)52-48(54-49)35-17-20-45-41(25-35)38-9-2-4-14-44(38)56-45/h1-20,24-25,31-33H,21-23,26-28H2. The Morgan fingerprint density at radius 1 is 0.571 bits per heavy atom. The van der Waals surface area contributed by atoms with Gasteiger partial charge in [-0.2, -0.15) is 5.26 Å². The number of thiophene rings is 1.